The van der Waals surface area contributed by atoms with E-state index in [0.29, 0.717) is 0 Å². The van der Waals surface area contributed by atoms with E-state index in [1.807, 2.05) is 13.8 Å². The van der Waals surface area contributed by atoms with E-state index in [1.165, 1.54) is 7.05 Å². The molecule has 16 heavy (non-hydrogen) atoms. The predicted molar refractivity (Wildman–Crippen MR) is 63.3 cm³/mol. The van der Waals surface area contributed by atoms with Crippen LogP contribution in [0, 0.1) is 5.92 Å². The molecule has 7 heteroatoms. The number of carbonyl (C=O) groups excluding carboxylic acids is 1. The molecule has 0 saturated heterocycles. The van der Waals surface area contributed by atoms with Crippen molar-refractivity contribution in [3.05, 3.63) is 0 Å². The van der Waals surface area contributed by atoms with Gasteiger partial charge in [-0.1, -0.05) is 20.3 Å². The second-order valence-electron chi connectivity index (χ2n) is 3.73. The molecule has 1 amide bonds. The van der Waals surface area contributed by atoms with Crippen LogP contribution in [0.4, 0.5) is 0 Å². The molecule has 0 spiro atoms. The van der Waals surface area contributed by atoms with Gasteiger partial charge in [0.05, 0.1) is 11.8 Å². The lowest BCUT2D eigenvalue weighted by Gasteiger charge is -2.17. The van der Waals surface area contributed by atoms with Gasteiger partial charge in [0.25, 0.3) is 0 Å². The molecule has 6 nitrogen and oxygen atoms in total. The van der Waals surface area contributed by atoms with Crippen molar-refractivity contribution >= 4 is 15.9 Å². The van der Waals surface area contributed by atoms with Gasteiger partial charge in [-0.3, -0.25) is 4.79 Å². The summed E-state index contributed by atoms with van der Waals surface area (Å²) in [5.74, 6) is -0.357. The fourth-order valence-corrected chi connectivity index (χ4v) is 1.62. The van der Waals surface area contributed by atoms with Gasteiger partial charge < -0.3 is 11.1 Å². The second kappa shape index (κ2) is 6.82. The van der Waals surface area contributed by atoms with Crippen LogP contribution in [0.5, 0.6) is 0 Å². The number of hydrogen-bond donors (Lipinski definition) is 3. The molecule has 0 aromatic carbocycles. The first-order valence-corrected chi connectivity index (χ1v) is 6.93. The minimum atomic E-state index is -3.27. The molecule has 0 radical (unpaired) electrons. The van der Waals surface area contributed by atoms with Crippen molar-refractivity contribution in [2.24, 2.45) is 11.7 Å². The normalized spacial score (nSPS) is 15.5. The minimum Gasteiger partial charge on any atom is -0.354 e. The third-order valence-electron chi connectivity index (χ3n) is 2.54. The summed E-state index contributed by atoms with van der Waals surface area (Å²) in [6.45, 7) is 3.91. The van der Waals surface area contributed by atoms with Gasteiger partial charge in [-0.15, -0.1) is 0 Å². The number of carbonyl (C=O) groups is 1. The highest BCUT2D eigenvalue weighted by atomic mass is 32.2. The molecular formula is C9H21N3O3S. The molecule has 0 rings (SSSR count). The van der Waals surface area contributed by atoms with Crippen LogP contribution in [0.25, 0.3) is 0 Å². The maximum atomic E-state index is 11.5. The SMILES string of the molecule is CC[C@H](C)[C@H](N)C(=O)NCCS(=O)(=O)NC. The van der Waals surface area contributed by atoms with Gasteiger partial charge in [0.2, 0.25) is 15.9 Å². The average Bonchev–Trinajstić information content (AvgIpc) is 2.26. The molecule has 4 N–H and O–H groups in total. The highest BCUT2D eigenvalue weighted by Gasteiger charge is 2.19. The van der Waals surface area contributed by atoms with Crippen molar-refractivity contribution in [1.82, 2.24) is 10.0 Å². The summed E-state index contributed by atoms with van der Waals surface area (Å²) in [5, 5.41) is 2.50. The summed E-state index contributed by atoms with van der Waals surface area (Å²) in [5.41, 5.74) is 5.68. The summed E-state index contributed by atoms with van der Waals surface area (Å²) in [6, 6.07) is -0.581. The Kier molecular flexibility index (Phi) is 6.54. The Bertz CT molecular complexity index is 316. The Morgan fingerprint density at radius 2 is 2.00 bits per heavy atom. The first-order chi connectivity index (χ1) is 7.34. The number of nitrogens with one attached hydrogen (secondary N) is 2. The molecule has 0 aliphatic carbocycles. The summed E-state index contributed by atoms with van der Waals surface area (Å²) >= 11 is 0. The van der Waals surface area contributed by atoms with Crippen molar-refractivity contribution in [1.29, 1.82) is 0 Å². The summed E-state index contributed by atoms with van der Waals surface area (Å²) < 4.78 is 24.3. The summed E-state index contributed by atoms with van der Waals surface area (Å²) in [7, 11) is -1.94. The maximum absolute atomic E-state index is 11.5. The lowest BCUT2D eigenvalue weighted by molar-refractivity contribution is -0.123. The van der Waals surface area contributed by atoms with Gasteiger partial charge >= 0.3 is 0 Å². The second-order valence-corrected chi connectivity index (χ2v) is 5.77. The van der Waals surface area contributed by atoms with Gasteiger partial charge in [-0.05, 0) is 13.0 Å². The Balaban J connectivity index is 4.00. The first-order valence-electron chi connectivity index (χ1n) is 5.28. The number of nitrogens with two attached hydrogens (primary N) is 1. The predicted octanol–water partition coefficient (Wildman–Crippen LogP) is -0.975. The van der Waals surface area contributed by atoms with Crippen molar-refractivity contribution in [2.45, 2.75) is 26.3 Å². The quantitative estimate of drug-likeness (QED) is 0.541. The van der Waals surface area contributed by atoms with Gasteiger partial charge in [-0.25, -0.2) is 13.1 Å². The van der Waals surface area contributed by atoms with Gasteiger partial charge in [0.15, 0.2) is 0 Å². The smallest absolute Gasteiger partial charge is 0.237 e. The fourth-order valence-electron chi connectivity index (χ4n) is 1.04. The number of sulfonamides is 1. The number of amides is 1. The molecule has 0 aromatic heterocycles. The van der Waals surface area contributed by atoms with Crippen LogP contribution in [-0.4, -0.2) is 39.7 Å². The van der Waals surface area contributed by atoms with Crippen LogP contribution in [0.15, 0.2) is 0 Å². The molecular weight excluding hydrogens is 230 g/mol. The largest absolute Gasteiger partial charge is 0.354 e. The fraction of sp³-hybridized carbons (Fsp3) is 0.889. The maximum Gasteiger partial charge on any atom is 0.237 e. The van der Waals surface area contributed by atoms with Crippen molar-refractivity contribution in [2.75, 3.05) is 19.3 Å². The van der Waals surface area contributed by atoms with Crippen LogP contribution in [0.3, 0.4) is 0 Å². The molecule has 0 aliphatic rings. The molecule has 0 bridgehead atoms. The van der Waals surface area contributed by atoms with Crippen molar-refractivity contribution in [3.8, 4) is 0 Å². The van der Waals surface area contributed by atoms with Crippen molar-refractivity contribution in [3.63, 3.8) is 0 Å². The number of rotatable bonds is 7. The van der Waals surface area contributed by atoms with Crippen LogP contribution in [0.1, 0.15) is 20.3 Å². The van der Waals surface area contributed by atoms with E-state index < -0.39 is 16.1 Å². The monoisotopic (exact) mass is 251 g/mol. The van der Waals surface area contributed by atoms with Crippen LogP contribution >= 0.6 is 0 Å². The van der Waals surface area contributed by atoms with E-state index in [2.05, 4.69) is 10.0 Å². The highest BCUT2D eigenvalue weighted by molar-refractivity contribution is 7.89. The average molecular weight is 251 g/mol. The lowest BCUT2D eigenvalue weighted by Crippen LogP contribution is -2.46. The summed E-state index contributed by atoms with van der Waals surface area (Å²) in [4.78, 5) is 11.5. The van der Waals surface area contributed by atoms with E-state index >= 15 is 0 Å². The zero-order valence-electron chi connectivity index (χ0n) is 9.99. The zero-order chi connectivity index (χ0) is 12.8. The van der Waals surface area contributed by atoms with Crippen molar-refractivity contribution < 1.29 is 13.2 Å². The van der Waals surface area contributed by atoms with Gasteiger partial charge in [0.1, 0.15) is 0 Å². The van der Waals surface area contributed by atoms with E-state index in [0.717, 1.165) is 6.42 Å². The van der Waals surface area contributed by atoms with E-state index in [1.54, 1.807) is 0 Å². The molecule has 0 unspecified atom stereocenters. The molecule has 0 heterocycles. The van der Waals surface area contributed by atoms with E-state index in [4.69, 9.17) is 5.73 Å². The Morgan fingerprint density at radius 1 is 1.44 bits per heavy atom. The molecule has 96 valence electrons. The number of hydrogen-bond acceptors (Lipinski definition) is 4. The summed E-state index contributed by atoms with van der Waals surface area (Å²) in [6.07, 6.45) is 0.809. The third-order valence-corrected chi connectivity index (χ3v) is 3.90. The van der Waals surface area contributed by atoms with Crippen LogP contribution in [-0.2, 0) is 14.8 Å². The molecule has 0 fully saturated rings. The van der Waals surface area contributed by atoms with Gasteiger partial charge in [-0.2, -0.15) is 0 Å². The topological polar surface area (TPSA) is 101 Å². The zero-order valence-corrected chi connectivity index (χ0v) is 10.8. The van der Waals surface area contributed by atoms with Gasteiger partial charge in [0, 0.05) is 6.54 Å². The standard InChI is InChI=1S/C9H21N3O3S/c1-4-7(2)8(10)9(13)12-5-6-16(14,15)11-3/h7-8,11H,4-6,10H2,1-3H3,(H,12,13)/t7-,8-/m0/s1. The van der Waals surface area contributed by atoms with E-state index in [9.17, 15) is 13.2 Å². The molecule has 0 saturated carbocycles. The lowest BCUT2D eigenvalue weighted by atomic mass is 9.99. The molecule has 0 aromatic rings. The molecule has 0 aliphatic heterocycles. The van der Waals surface area contributed by atoms with E-state index in [-0.39, 0.29) is 24.1 Å². The molecule has 2 atom stereocenters. The first kappa shape index (κ1) is 15.3. The third kappa shape index (κ3) is 5.43. The Hall–Kier alpha value is -0.660. The van der Waals surface area contributed by atoms with Crippen LogP contribution < -0.4 is 15.8 Å². The Morgan fingerprint density at radius 3 is 2.44 bits per heavy atom. The minimum absolute atomic E-state index is 0.0755. The van der Waals surface area contributed by atoms with Crippen LogP contribution in [0.2, 0.25) is 0 Å². The highest BCUT2D eigenvalue weighted by Crippen LogP contribution is 2.04. The Labute approximate surface area is 97.0 Å².